The van der Waals surface area contributed by atoms with Crippen LogP contribution in [0.2, 0.25) is 0 Å². The van der Waals surface area contributed by atoms with Gasteiger partial charge in [-0.3, -0.25) is 4.79 Å². The summed E-state index contributed by atoms with van der Waals surface area (Å²) in [7, 11) is 1.51. The second-order valence-electron chi connectivity index (χ2n) is 6.47. The number of carbonyl (C=O) groups is 1. The third kappa shape index (κ3) is 2.73. The van der Waals surface area contributed by atoms with Crippen molar-refractivity contribution >= 4 is 22.2 Å². The van der Waals surface area contributed by atoms with Gasteiger partial charge in [0.25, 0.3) is 5.91 Å². The topological polar surface area (TPSA) is 75.0 Å². The van der Waals surface area contributed by atoms with E-state index in [1.165, 1.54) is 17.6 Å². The van der Waals surface area contributed by atoms with Crippen molar-refractivity contribution in [1.29, 1.82) is 0 Å². The molecule has 2 atom stereocenters. The number of carbonyl (C=O) groups excluding carboxylic acids is 1. The average molecular weight is 360 g/mol. The number of anilines is 1. The molecule has 0 fully saturated rings. The Kier molecular flexibility index (Phi) is 4.05. The normalized spacial score (nSPS) is 21.8. The third-order valence-electron chi connectivity index (χ3n) is 5.04. The Bertz CT molecular complexity index is 833. The largest absolute Gasteiger partial charge is 0.504 e. The van der Waals surface area contributed by atoms with E-state index in [0.717, 1.165) is 42.2 Å². The maximum atomic E-state index is 12.7. The molecule has 0 radical (unpaired) electrons. The van der Waals surface area contributed by atoms with Gasteiger partial charge in [0.1, 0.15) is 17.7 Å². The van der Waals surface area contributed by atoms with Crippen molar-refractivity contribution in [3.8, 4) is 11.5 Å². The molecule has 6 nitrogen and oxygen atoms in total. The summed E-state index contributed by atoms with van der Waals surface area (Å²) >= 11 is 1.69. The van der Waals surface area contributed by atoms with Gasteiger partial charge in [-0.2, -0.15) is 0 Å². The van der Waals surface area contributed by atoms with Crippen molar-refractivity contribution in [2.24, 2.45) is 0 Å². The summed E-state index contributed by atoms with van der Waals surface area (Å²) in [6.45, 7) is 5.38. The maximum Gasteiger partial charge on any atom is 0.256 e. The molecule has 1 aromatic heterocycles. The summed E-state index contributed by atoms with van der Waals surface area (Å²) in [6, 6.07) is 5.17. The highest BCUT2D eigenvalue weighted by atomic mass is 32.1. The molecule has 1 amide bonds. The number of benzene rings is 1. The fourth-order valence-corrected chi connectivity index (χ4v) is 4.95. The lowest BCUT2D eigenvalue weighted by molar-refractivity contribution is -0.913. The van der Waals surface area contributed by atoms with Crippen LogP contribution < -0.4 is 20.3 Å². The minimum Gasteiger partial charge on any atom is -0.504 e. The zero-order valence-electron chi connectivity index (χ0n) is 14.3. The van der Waals surface area contributed by atoms with Crippen LogP contribution in [-0.2, 0) is 13.0 Å². The Morgan fingerprint density at radius 2 is 2.24 bits per heavy atom. The molecule has 0 saturated carbocycles. The number of quaternary nitrogens is 1. The number of hydrogen-bond acceptors (Lipinski definition) is 5. The standard InChI is InChI=1S/C18H21N3O3S/c1-3-21-7-6-11-14(9-21)25-18-15(11)17(23)19-16(20-18)10-4-5-13(24-2)12(22)8-10/h4-5,8,16,20,22H,3,6-7,9H2,1-2H3,(H,19,23)/p+1/t16-/m0/s1. The molecule has 0 spiro atoms. The minimum absolute atomic E-state index is 0.0356. The van der Waals surface area contributed by atoms with E-state index in [1.54, 1.807) is 28.4 Å². The molecule has 1 unspecified atom stereocenters. The second-order valence-corrected chi connectivity index (χ2v) is 7.58. The van der Waals surface area contributed by atoms with E-state index in [2.05, 4.69) is 17.6 Å². The van der Waals surface area contributed by atoms with Crippen LogP contribution in [0.25, 0.3) is 0 Å². The first kappa shape index (κ1) is 16.2. The molecule has 2 aromatic rings. The van der Waals surface area contributed by atoms with E-state index in [4.69, 9.17) is 4.74 Å². The number of methoxy groups -OCH3 is 1. The second kappa shape index (κ2) is 6.24. The van der Waals surface area contributed by atoms with Crippen molar-refractivity contribution in [1.82, 2.24) is 5.32 Å². The number of rotatable bonds is 3. The quantitative estimate of drug-likeness (QED) is 0.665. The fourth-order valence-electron chi connectivity index (χ4n) is 3.60. The summed E-state index contributed by atoms with van der Waals surface area (Å²) in [6.07, 6.45) is 0.597. The summed E-state index contributed by atoms with van der Waals surface area (Å²) in [5.74, 6) is 0.446. The molecule has 0 bridgehead atoms. The van der Waals surface area contributed by atoms with Crippen molar-refractivity contribution in [3.63, 3.8) is 0 Å². The highest BCUT2D eigenvalue weighted by molar-refractivity contribution is 7.16. The number of fused-ring (bicyclic) bond motifs is 3. The van der Waals surface area contributed by atoms with E-state index < -0.39 is 0 Å². The molecular formula is C18H22N3O3S+. The van der Waals surface area contributed by atoms with E-state index >= 15 is 0 Å². The van der Waals surface area contributed by atoms with Gasteiger partial charge < -0.3 is 25.4 Å². The molecule has 0 saturated heterocycles. The smallest absolute Gasteiger partial charge is 0.256 e. The molecule has 0 aliphatic carbocycles. The lowest BCUT2D eigenvalue weighted by atomic mass is 10.0. The Hall–Kier alpha value is -2.25. The number of nitrogens with one attached hydrogen (secondary N) is 3. The predicted octanol–water partition coefficient (Wildman–Crippen LogP) is 1.28. The maximum absolute atomic E-state index is 12.7. The Morgan fingerprint density at radius 1 is 1.40 bits per heavy atom. The molecule has 2 aliphatic rings. The molecule has 132 valence electrons. The lowest BCUT2D eigenvalue weighted by Gasteiger charge is -2.27. The Balaban J connectivity index is 1.65. The number of aromatic hydroxyl groups is 1. The van der Waals surface area contributed by atoms with Crippen LogP contribution in [0.15, 0.2) is 18.2 Å². The Labute approximate surface area is 150 Å². The molecule has 25 heavy (non-hydrogen) atoms. The van der Waals surface area contributed by atoms with Gasteiger partial charge in [-0.15, -0.1) is 11.3 Å². The van der Waals surface area contributed by atoms with Gasteiger partial charge in [0.15, 0.2) is 11.5 Å². The summed E-state index contributed by atoms with van der Waals surface area (Å²) in [5.41, 5.74) is 2.81. The first-order valence-electron chi connectivity index (χ1n) is 8.53. The molecule has 7 heteroatoms. The number of ether oxygens (including phenoxy) is 1. The van der Waals surface area contributed by atoms with Gasteiger partial charge in [-0.1, -0.05) is 6.07 Å². The van der Waals surface area contributed by atoms with Crippen LogP contribution in [-0.4, -0.2) is 31.2 Å². The van der Waals surface area contributed by atoms with Crippen molar-refractivity contribution in [2.75, 3.05) is 25.5 Å². The highest BCUT2D eigenvalue weighted by Gasteiger charge is 2.34. The van der Waals surface area contributed by atoms with Gasteiger partial charge >= 0.3 is 0 Å². The van der Waals surface area contributed by atoms with Crippen LogP contribution in [0.1, 0.15) is 39.5 Å². The number of phenols is 1. The number of hydrogen-bond donors (Lipinski definition) is 4. The zero-order valence-corrected chi connectivity index (χ0v) is 15.1. The van der Waals surface area contributed by atoms with E-state index in [0.29, 0.717) is 5.75 Å². The lowest BCUT2D eigenvalue weighted by Crippen LogP contribution is -3.11. The van der Waals surface area contributed by atoms with Gasteiger partial charge in [0.2, 0.25) is 0 Å². The molecule has 2 aliphatic heterocycles. The third-order valence-corrected chi connectivity index (χ3v) is 6.21. The highest BCUT2D eigenvalue weighted by Crippen LogP contribution is 2.39. The summed E-state index contributed by atoms with van der Waals surface area (Å²) < 4.78 is 5.08. The molecule has 1 aromatic carbocycles. The number of thiophene rings is 1. The number of amides is 1. The van der Waals surface area contributed by atoms with E-state index in [9.17, 15) is 9.90 Å². The number of likely N-dealkylation sites (N-methyl/N-ethyl adjacent to an activating group) is 1. The van der Waals surface area contributed by atoms with Gasteiger partial charge in [-0.25, -0.2) is 0 Å². The SMILES string of the molecule is CC[NH+]1CCc2c(sc3c2C(=O)N[C@H](c2ccc(OC)c(O)c2)N3)C1. The number of phenolic OH excluding ortho intramolecular Hbond substituents is 1. The van der Waals surface area contributed by atoms with Gasteiger partial charge in [0.05, 0.1) is 30.6 Å². The molecule has 4 N–H and O–H groups in total. The summed E-state index contributed by atoms with van der Waals surface area (Å²) in [4.78, 5) is 15.6. The molecule has 4 rings (SSSR count). The van der Waals surface area contributed by atoms with Crippen LogP contribution in [0.3, 0.4) is 0 Å². The van der Waals surface area contributed by atoms with Gasteiger partial charge in [0, 0.05) is 6.42 Å². The monoisotopic (exact) mass is 360 g/mol. The average Bonchev–Trinajstić information content (AvgIpc) is 2.99. The summed E-state index contributed by atoms with van der Waals surface area (Å²) in [5, 5.41) is 17.4. The molecular weight excluding hydrogens is 338 g/mol. The first-order chi connectivity index (χ1) is 12.1. The fraction of sp³-hybridized carbons (Fsp3) is 0.389. The van der Waals surface area contributed by atoms with Gasteiger partial charge in [-0.05, 0) is 30.2 Å². The van der Waals surface area contributed by atoms with Crippen molar-refractivity contribution < 1.29 is 19.5 Å². The van der Waals surface area contributed by atoms with Crippen LogP contribution in [0.4, 0.5) is 5.00 Å². The zero-order chi connectivity index (χ0) is 17.6. The van der Waals surface area contributed by atoms with E-state index in [-0.39, 0.29) is 17.8 Å². The first-order valence-corrected chi connectivity index (χ1v) is 9.34. The van der Waals surface area contributed by atoms with Crippen LogP contribution in [0, 0.1) is 0 Å². The minimum atomic E-state index is -0.355. The van der Waals surface area contributed by atoms with Crippen molar-refractivity contribution in [3.05, 3.63) is 39.8 Å². The Morgan fingerprint density at radius 3 is 2.96 bits per heavy atom. The predicted molar refractivity (Wildman–Crippen MR) is 96.6 cm³/mol. The van der Waals surface area contributed by atoms with E-state index in [1.807, 2.05) is 6.07 Å². The molecule has 3 heterocycles. The van der Waals surface area contributed by atoms with Crippen molar-refractivity contribution in [2.45, 2.75) is 26.1 Å². The van der Waals surface area contributed by atoms with Crippen LogP contribution in [0.5, 0.6) is 11.5 Å². The van der Waals surface area contributed by atoms with Crippen LogP contribution >= 0.6 is 11.3 Å².